The summed E-state index contributed by atoms with van der Waals surface area (Å²) in [6.45, 7) is 2.74. The van der Waals surface area contributed by atoms with E-state index in [1.165, 1.54) is 24.3 Å². The van der Waals surface area contributed by atoms with Crippen LogP contribution in [0.25, 0.3) is 0 Å². The number of hydrogen-bond donors (Lipinski definition) is 2. The molecule has 0 fully saturated rings. The zero-order valence-electron chi connectivity index (χ0n) is 14.8. The summed E-state index contributed by atoms with van der Waals surface area (Å²) in [6.07, 6.45) is 1.79. The Morgan fingerprint density at radius 1 is 1.04 bits per heavy atom. The highest BCUT2D eigenvalue weighted by Crippen LogP contribution is 2.17. The third-order valence-electron chi connectivity index (χ3n) is 3.88. The van der Waals surface area contributed by atoms with Gasteiger partial charge in [-0.25, -0.2) is 8.42 Å². The van der Waals surface area contributed by atoms with E-state index in [1.807, 2.05) is 6.92 Å². The van der Waals surface area contributed by atoms with Crippen LogP contribution in [0.15, 0.2) is 59.5 Å². The molecule has 2 aromatic carbocycles. The van der Waals surface area contributed by atoms with E-state index in [-0.39, 0.29) is 24.0 Å². The van der Waals surface area contributed by atoms with Crippen LogP contribution in [0.1, 0.15) is 30.1 Å². The molecule has 0 spiro atoms. The largest absolute Gasteiger partial charge is 0.395 e. The molecule has 140 valence electrons. The van der Waals surface area contributed by atoms with E-state index in [1.54, 1.807) is 35.2 Å². The fourth-order valence-electron chi connectivity index (χ4n) is 2.46. The Balaban J connectivity index is 2.14. The standard InChI is InChI=1S/C19H24N2O4S/c1-2-3-13-21(14-15-22)19(23)16-9-11-18(12-10-16)26(24,25)20-17-7-5-4-6-8-17/h4-12,20,22H,2-3,13-15H2,1H3. The van der Waals surface area contributed by atoms with E-state index >= 15 is 0 Å². The van der Waals surface area contributed by atoms with Crippen LogP contribution in [0.4, 0.5) is 5.69 Å². The van der Waals surface area contributed by atoms with Crippen molar-refractivity contribution in [2.24, 2.45) is 0 Å². The molecule has 6 nitrogen and oxygen atoms in total. The minimum atomic E-state index is -3.72. The summed E-state index contributed by atoms with van der Waals surface area (Å²) >= 11 is 0. The van der Waals surface area contributed by atoms with Gasteiger partial charge >= 0.3 is 0 Å². The van der Waals surface area contributed by atoms with Crippen molar-refractivity contribution in [3.63, 3.8) is 0 Å². The number of rotatable bonds is 9. The second kappa shape index (κ2) is 9.35. The third kappa shape index (κ3) is 5.31. The monoisotopic (exact) mass is 376 g/mol. The Bertz CT molecular complexity index is 805. The molecule has 1 amide bonds. The maximum absolute atomic E-state index is 12.5. The van der Waals surface area contributed by atoms with Gasteiger partial charge in [0.05, 0.1) is 11.5 Å². The first kappa shape index (κ1) is 19.9. The summed E-state index contributed by atoms with van der Waals surface area (Å²) in [5.74, 6) is -0.215. The molecule has 0 aliphatic heterocycles. The first-order chi connectivity index (χ1) is 12.5. The Hall–Kier alpha value is -2.38. The summed E-state index contributed by atoms with van der Waals surface area (Å²) in [7, 11) is -3.72. The van der Waals surface area contributed by atoms with Crippen molar-refractivity contribution in [3.05, 3.63) is 60.2 Å². The van der Waals surface area contributed by atoms with Gasteiger partial charge in [-0.3, -0.25) is 9.52 Å². The smallest absolute Gasteiger partial charge is 0.261 e. The van der Waals surface area contributed by atoms with Crippen molar-refractivity contribution >= 4 is 21.6 Å². The molecule has 0 aliphatic carbocycles. The number of amides is 1. The average Bonchev–Trinajstić information content (AvgIpc) is 2.65. The minimum absolute atomic E-state index is 0.0835. The number of aliphatic hydroxyl groups is 1. The zero-order valence-corrected chi connectivity index (χ0v) is 15.6. The molecule has 2 N–H and O–H groups in total. The quantitative estimate of drug-likeness (QED) is 0.704. The lowest BCUT2D eigenvalue weighted by Crippen LogP contribution is -2.34. The Morgan fingerprint density at radius 3 is 2.27 bits per heavy atom. The maximum Gasteiger partial charge on any atom is 0.261 e. The average molecular weight is 376 g/mol. The van der Waals surface area contributed by atoms with Gasteiger partial charge in [-0.05, 0) is 42.8 Å². The van der Waals surface area contributed by atoms with Gasteiger partial charge in [0.25, 0.3) is 15.9 Å². The molecule has 2 aromatic rings. The van der Waals surface area contributed by atoms with Crippen LogP contribution in [-0.2, 0) is 10.0 Å². The van der Waals surface area contributed by atoms with Crippen LogP contribution in [0.2, 0.25) is 0 Å². The number of nitrogens with one attached hydrogen (secondary N) is 1. The number of unbranched alkanes of at least 4 members (excludes halogenated alkanes) is 1. The number of nitrogens with zero attached hydrogens (tertiary/aromatic N) is 1. The van der Waals surface area contributed by atoms with E-state index in [2.05, 4.69) is 4.72 Å². The molecule has 0 aliphatic rings. The van der Waals surface area contributed by atoms with E-state index < -0.39 is 10.0 Å². The van der Waals surface area contributed by atoms with Gasteiger partial charge in [0.2, 0.25) is 0 Å². The number of para-hydroxylation sites is 1. The van der Waals surface area contributed by atoms with Gasteiger partial charge in [0.15, 0.2) is 0 Å². The van der Waals surface area contributed by atoms with E-state index in [0.717, 1.165) is 12.8 Å². The molecule has 0 heterocycles. The number of anilines is 1. The van der Waals surface area contributed by atoms with Crippen molar-refractivity contribution < 1.29 is 18.3 Å². The highest BCUT2D eigenvalue weighted by Gasteiger charge is 2.18. The highest BCUT2D eigenvalue weighted by molar-refractivity contribution is 7.92. The van der Waals surface area contributed by atoms with Gasteiger partial charge in [-0.2, -0.15) is 0 Å². The van der Waals surface area contributed by atoms with Gasteiger partial charge in [0, 0.05) is 24.3 Å². The highest BCUT2D eigenvalue weighted by atomic mass is 32.2. The predicted molar refractivity (Wildman–Crippen MR) is 102 cm³/mol. The maximum atomic E-state index is 12.5. The SMILES string of the molecule is CCCCN(CCO)C(=O)c1ccc(S(=O)(=O)Nc2ccccc2)cc1. The number of carbonyl (C=O) groups is 1. The summed E-state index contributed by atoms with van der Waals surface area (Å²) in [5, 5.41) is 9.14. The molecule has 0 bridgehead atoms. The van der Waals surface area contributed by atoms with Gasteiger partial charge in [0.1, 0.15) is 0 Å². The Morgan fingerprint density at radius 2 is 1.69 bits per heavy atom. The Kier molecular flexibility index (Phi) is 7.17. The summed E-state index contributed by atoms with van der Waals surface area (Å²) < 4.78 is 27.3. The van der Waals surface area contributed by atoms with E-state index in [4.69, 9.17) is 5.11 Å². The summed E-state index contributed by atoms with van der Waals surface area (Å²) in [6, 6.07) is 14.4. The van der Waals surface area contributed by atoms with E-state index in [0.29, 0.717) is 17.8 Å². The fourth-order valence-corrected chi connectivity index (χ4v) is 3.52. The number of aliphatic hydroxyl groups excluding tert-OH is 1. The normalized spacial score (nSPS) is 11.2. The minimum Gasteiger partial charge on any atom is -0.395 e. The van der Waals surface area contributed by atoms with Crippen molar-refractivity contribution in [2.75, 3.05) is 24.4 Å². The van der Waals surface area contributed by atoms with E-state index in [9.17, 15) is 13.2 Å². The summed E-state index contributed by atoms with van der Waals surface area (Å²) in [5.41, 5.74) is 0.870. The molecule has 2 rings (SSSR count). The van der Waals surface area contributed by atoms with Crippen LogP contribution in [0, 0.1) is 0 Å². The van der Waals surface area contributed by atoms with Crippen molar-refractivity contribution in [3.8, 4) is 0 Å². The summed E-state index contributed by atoms with van der Waals surface area (Å²) in [4.78, 5) is 14.2. The molecule has 26 heavy (non-hydrogen) atoms. The lowest BCUT2D eigenvalue weighted by atomic mass is 10.2. The molecule has 7 heteroatoms. The lowest BCUT2D eigenvalue weighted by Gasteiger charge is -2.21. The van der Waals surface area contributed by atoms with Crippen molar-refractivity contribution in [1.29, 1.82) is 0 Å². The van der Waals surface area contributed by atoms with Crippen LogP contribution in [0.5, 0.6) is 0 Å². The topological polar surface area (TPSA) is 86.7 Å². The molecule has 0 aromatic heterocycles. The molecule has 0 saturated carbocycles. The van der Waals surface area contributed by atoms with Crippen molar-refractivity contribution in [2.45, 2.75) is 24.7 Å². The lowest BCUT2D eigenvalue weighted by molar-refractivity contribution is 0.0719. The molecule has 0 saturated heterocycles. The third-order valence-corrected chi connectivity index (χ3v) is 5.27. The Labute approximate surface area is 154 Å². The molecule has 0 atom stereocenters. The first-order valence-electron chi connectivity index (χ1n) is 8.56. The molecular weight excluding hydrogens is 352 g/mol. The van der Waals surface area contributed by atoms with Gasteiger partial charge in [-0.15, -0.1) is 0 Å². The number of benzene rings is 2. The number of hydrogen-bond acceptors (Lipinski definition) is 4. The fraction of sp³-hybridized carbons (Fsp3) is 0.316. The van der Waals surface area contributed by atoms with Crippen LogP contribution >= 0.6 is 0 Å². The van der Waals surface area contributed by atoms with Gasteiger partial charge in [-0.1, -0.05) is 31.5 Å². The second-order valence-electron chi connectivity index (χ2n) is 5.87. The van der Waals surface area contributed by atoms with Crippen molar-refractivity contribution in [1.82, 2.24) is 4.90 Å². The second-order valence-corrected chi connectivity index (χ2v) is 7.55. The predicted octanol–water partition coefficient (Wildman–Crippen LogP) is 2.72. The first-order valence-corrected chi connectivity index (χ1v) is 10.0. The number of sulfonamides is 1. The molecule has 0 unspecified atom stereocenters. The van der Waals surface area contributed by atoms with Crippen LogP contribution < -0.4 is 4.72 Å². The zero-order chi connectivity index (χ0) is 19.0. The molecule has 0 radical (unpaired) electrons. The van der Waals surface area contributed by atoms with Crippen LogP contribution in [-0.4, -0.2) is 44.0 Å². The molecular formula is C19H24N2O4S. The van der Waals surface area contributed by atoms with Crippen LogP contribution in [0.3, 0.4) is 0 Å². The number of carbonyl (C=O) groups excluding carboxylic acids is 1. The van der Waals surface area contributed by atoms with Gasteiger partial charge < -0.3 is 10.0 Å².